The van der Waals surface area contributed by atoms with Gasteiger partial charge in [0.25, 0.3) is 5.91 Å². The molecule has 3 N–H and O–H groups in total. The number of hydrogen-bond donors (Lipinski definition) is 3. The second-order valence-corrected chi connectivity index (χ2v) is 7.68. The lowest BCUT2D eigenvalue weighted by molar-refractivity contribution is -0.139. The SMILES string of the molecule is CC(C)OCCCNC(=O)C(=O)N/N=C\c1ccc(OCC(=O)Nc2ccccc2C(F)(F)F)cc1. The number of rotatable bonds is 11. The first-order valence-electron chi connectivity index (χ1n) is 11.0. The summed E-state index contributed by atoms with van der Waals surface area (Å²) in [5.41, 5.74) is 1.34. The Kier molecular flexibility index (Phi) is 10.9. The summed E-state index contributed by atoms with van der Waals surface area (Å²) in [4.78, 5) is 35.4. The van der Waals surface area contributed by atoms with E-state index >= 15 is 0 Å². The fourth-order valence-electron chi connectivity index (χ4n) is 2.71. The number of ether oxygens (including phenoxy) is 2. The van der Waals surface area contributed by atoms with Crippen LogP contribution < -0.4 is 20.8 Å². The second kappa shape index (κ2) is 13.8. The highest BCUT2D eigenvalue weighted by atomic mass is 19.4. The summed E-state index contributed by atoms with van der Waals surface area (Å²) in [5, 5.41) is 8.34. The maximum Gasteiger partial charge on any atom is 0.418 e. The van der Waals surface area contributed by atoms with E-state index in [2.05, 4.69) is 21.2 Å². The summed E-state index contributed by atoms with van der Waals surface area (Å²) >= 11 is 0. The van der Waals surface area contributed by atoms with Gasteiger partial charge in [0.1, 0.15) is 5.75 Å². The number of anilines is 1. The van der Waals surface area contributed by atoms with Gasteiger partial charge >= 0.3 is 18.0 Å². The number of amides is 3. The van der Waals surface area contributed by atoms with E-state index < -0.39 is 36.1 Å². The lowest BCUT2D eigenvalue weighted by Gasteiger charge is -2.13. The van der Waals surface area contributed by atoms with Gasteiger partial charge in [-0.2, -0.15) is 18.3 Å². The van der Waals surface area contributed by atoms with Gasteiger partial charge in [-0.1, -0.05) is 12.1 Å². The average Bonchev–Trinajstić information content (AvgIpc) is 2.82. The van der Waals surface area contributed by atoms with Gasteiger partial charge in [0, 0.05) is 13.2 Å². The van der Waals surface area contributed by atoms with Crippen LogP contribution in [0.25, 0.3) is 0 Å². The number of para-hydroxylation sites is 1. The van der Waals surface area contributed by atoms with Crippen molar-refractivity contribution in [2.75, 3.05) is 25.1 Å². The van der Waals surface area contributed by atoms with Crippen molar-refractivity contribution in [1.82, 2.24) is 10.7 Å². The Bertz CT molecular complexity index is 1060. The zero-order valence-corrected chi connectivity index (χ0v) is 19.7. The quantitative estimate of drug-likeness (QED) is 0.187. The molecule has 12 heteroatoms. The highest BCUT2D eigenvalue weighted by Crippen LogP contribution is 2.34. The largest absolute Gasteiger partial charge is 0.484 e. The maximum atomic E-state index is 13.0. The molecule has 0 aliphatic heterocycles. The number of halogens is 3. The molecule has 0 saturated heterocycles. The Hall–Kier alpha value is -3.93. The second-order valence-electron chi connectivity index (χ2n) is 7.68. The highest BCUT2D eigenvalue weighted by molar-refractivity contribution is 6.35. The summed E-state index contributed by atoms with van der Waals surface area (Å²) in [5.74, 6) is -2.22. The molecule has 0 saturated carbocycles. The molecule has 0 aliphatic rings. The molecule has 0 fully saturated rings. The summed E-state index contributed by atoms with van der Waals surface area (Å²) in [7, 11) is 0. The van der Waals surface area contributed by atoms with Crippen molar-refractivity contribution in [3.05, 3.63) is 59.7 Å². The number of carbonyl (C=O) groups is 3. The molecule has 0 atom stereocenters. The molecule has 0 radical (unpaired) electrons. The van der Waals surface area contributed by atoms with Gasteiger partial charge in [-0.3, -0.25) is 14.4 Å². The number of hydrogen-bond acceptors (Lipinski definition) is 6. The predicted octanol–water partition coefficient (Wildman–Crippen LogP) is 3.10. The van der Waals surface area contributed by atoms with Crippen LogP contribution in [-0.4, -0.2) is 49.8 Å². The van der Waals surface area contributed by atoms with E-state index in [1.807, 2.05) is 13.8 Å². The summed E-state index contributed by atoms with van der Waals surface area (Å²) in [6.45, 7) is 4.04. The summed E-state index contributed by atoms with van der Waals surface area (Å²) in [6.07, 6.45) is -2.65. The smallest absolute Gasteiger partial charge is 0.418 e. The third-order valence-electron chi connectivity index (χ3n) is 4.40. The van der Waals surface area contributed by atoms with E-state index in [0.717, 1.165) is 12.1 Å². The minimum Gasteiger partial charge on any atom is -0.484 e. The third kappa shape index (κ3) is 10.1. The van der Waals surface area contributed by atoms with Crippen LogP contribution in [-0.2, 0) is 25.3 Å². The molecule has 0 bridgehead atoms. The lowest BCUT2D eigenvalue weighted by Crippen LogP contribution is -2.38. The molecule has 0 aromatic heterocycles. The van der Waals surface area contributed by atoms with E-state index in [4.69, 9.17) is 9.47 Å². The lowest BCUT2D eigenvalue weighted by atomic mass is 10.1. The van der Waals surface area contributed by atoms with E-state index in [9.17, 15) is 27.6 Å². The monoisotopic (exact) mass is 508 g/mol. The van der Waals surface area contributed by atoms with Crippen LogP contribution >= 0.6 is 0 Å². The molecule has 0 unspecified atom stereocenters. The van der Waals surface area contributed by atoms with Crippen LogP contribution in [0, 0.1) is 0 Å². The summed E-state index contributed by atoms with van der Waals surface area (Å²) < 4.78 is 49.7. The molecule has 0 spiro atoms. The molecule has 2 aromatic rings. The van der Waals surface area contributed by atoms with Gasteiger partial charge in [-0.15, -0.1) is 0 Å². The Morgan fingerprint density at radius 1 is 1.03 bits per heavy atom. The average molecular weight is 508 g/mol. The Labute approximate surface area is 206 Å². The molecule has 36 heavy (non-hydrogen) atoms. The number of carbonyl (C=O) groups excluding carboxylic acids is 3. The number of alkyl halides is 3. The zero-order chi connectivity index (χ0) is 26.6. The minimum atomic E-state index is -4.60. The molecular weight excluding hydrogens is 481 g/mol. The van der Waals surface area contributed by atoms with E-state index in [1.54, 1.807) is 12.1 Å². The van der Waals surface area contributed by atoms with Crippen LogP contribution in [0.3, 0.4) is 0 Å². The van der Waals surface area contributed by atoms with Crippen molar-refractivity contribution >= 4 is 29.6 Å². The van der Waals surface area contributed by atoms with Crippen molar-refractivity contribution in [1.29, 1.82) is 0 Å². The van der Waals surface area contributed by atoms with Gasteiger partial charge in [-0.05, 0) is 62.2 Å². The number of nitrogens with one attached hydrogen (secondary N) is 3. The van der Waals surface area contributed by atoms with Gasteiger partial charge < -0.3 is 20.1 Å². The van der Waals surface area contributed by atoms with Crippen molar-refractivity contribution < 1.29 is 37.0 Å². The molecule has 9 nitrogen and oxygen atoms in total. The Morgan fingerprint density at radius 2 is 1.72 bits per heavy atom. The van der Waals surface area contributed by atoms with Crippen LogP contribution in [0.2, 0.25) is 0 Å². The highest BCUT2D eigenvalue weighted by Gasteiger charge is 2.33. The molecule has 3 amide bonds. The number of benzene rings is 2. The molecule has 194 valence electrons. The predicted molar refractivity (Wildman–Crippen MR) is 126 cm³/mol. The summed E-state index contributed by atoms with van der Waals surface area (Å²) in [6, 6.07) is 10.8. The van der Waals surface area contributed by atoms with Crippen LogP contribution in [0.1, 0.15) is 31.4 Å². The standard InChI is InChI=1S/C24H27F3N4O5/c1-16(2)35-13-5-12-28-22(33)23(34)31-29-14-17-8-10-18(11-9-17)36-15-21(32)30-20-7-4-3-6-19(20)24(25,26)27/h3-4,6-11,14,16H,5,12-13,15H2,1-2H3,(H,28,33)(H,30,32)(H,31,34)/b29-14-. The van der Waals surface area contributed by atoms with Crippen molar-refractivity contribution in [2.45, 2.75) is 32.5 Å². The van der Waals surface area contributed by atoms with Gasteiger partial charge in [0.15, 0.2) is 6.61 Å². The number of hydrazone groups is 1. The van der Waals surface area contributed by atoms with Crippen LogP contribution in [0.5, 0.6) is 5.75 Å². The molecular formula is C24H27F3N4O5. The molecule has 2 aromatic carbocycles. The van der Waals surface area contributed by atoms with Crippen molar-refractivity contribution in [3.8, 4) is 5.75 Å². The topological polar surface area (TPSA) is 118 Å². The molecule has 0 aliphatic carbocycles. The Balaban J connectivity index is 1.75. The first-order chi connectivity index (χ1) is 17.1. The normalized spacial score (nSPS) is 11.4. The van der Waals surface area contributed by atoms with E-state index in [1.165, 1.54) is 30.5 Å². The van der Waals surface area contributed by atoms with Crippen LogP contribution in [0.4, 0.5) is 18.9 Å². The van der Waals surface area contributed by atoms with Gasteiger partial charge in [0.05, 0.1) is 23.6 Å². The number of nitrogens with zero attached hydrogens (tertiary/aromatic N) is 1. The van der Waals surface area contributed by atoms with Crippen LogP contribution in [0.15, 0.2) is 53.6 Å². The molecule has 0 heterocycles. The van der Waals surface area contributed by atoms with E-state index in [0.29, 0.717) is 18.6 Å². The van der Waals surface area contributed by atoms with E-state index in [-0.39, 0.29) is 24.1 Å². The zero-order valence-electron chi connectivity index (χ0n) is 19.7. The Morgan fingerprint density at radius 3 is 2.39 bits per heavy atom. The maximum absolute atomic E-state index is 13.0. The van der Waals surface area contributed by atoms with Crippen molar-refractivity contribution in [2.24, 2.45) is 5.10 Å². The minimum absolute atomic E-state index is 0.0910. The first-order valence-corrected chi connectivity index (χ1v) is 11.0. The fraction of sp³-hybridized carbons (Fsp3) is 0.333. The molecule has 2 rings (SSSR count). The van der Waals surface area contributed by atoms with Gasteiger partial charge in [-0.25, -0.2) is 5.43 Å². The third-order valence-corrected chi connectivity index (χ3v) is 4.40. The van der Waals surface area contributed by atoms with Gasteiger partial charge in [0.2, 0.25) is 0 Å². The first kappa shape index (κ1) is 28.3. The fourth-order valence-corrected chi connectivity index (χ4v) is 2.71. The van der Waals surface area contributed by atoms with Crippen molar-refractivity contribution in [3.63, 3.8) is 0 Å².